The molecule has 1 saturated carbocycles. The molecule has 0 heterocycles. The molecule has 1 fully saturated rings. The number of hydrogen-bond donors (Lipinski definition) is 3. The lowest BCUT2D eigenvalue weighted by Crippen LogP contribution is -2.40. The monoisotopic (exact) mass is 283 g/mol. The van der Waals surface area contributed by atoms with Crippen LogP contribution in [0.15, 0.2) is 5.16 Å². The molecule has 5 heteroatoms. The second kappa shape index (κ2) is 8.82. The van der Waals surface area contributed by atoms with Crippen LogP contribution in [0.3, 0.4) is 0 Å². The summed E-state index contributed by atoms with van der Waals surface area (Å²) in [6, 6.07) is -0.0868. The van der Waals surface area contributed by atoms with Gasteiger partial charge in [0.05, 0.1) is 0 Å². The molecule has 0 saturated heterocycles. The Morgan fingerprint density at radius 3 is 2.60 bits per heavy atom. The van der Waals surface area contributed by atoms with Crippen molar-refractivity contribution in [2.75, 3.05) is 0 Å². The Morgan fingerprint density at radius 1 is 1.40 bits per heavy atom. The van der Waals surface area contributed by atoms with Crippen molar-refractivity contribution in [3.63, 3.8) is 0 Å². The van der Waals surface area contributed by atoms with Crippen molar-refractivity contribution < 1.29 is 10.0 Å². The molecular weight excluding hydrogens is 254 g/mol. The Labute approximate surface area is 122 Å². The van der Waals surface area contributed by atoms with Crippen LogP contribution in [0.4, 0.5) is 0 Å². The first kappa shape index (κ1) is 16.8. The topological polar surface area (TPSA) is 87.7 Å². The van der Waals surface area contributed by atoms with Crippen LogP contribution in [0.2, 0.25) is 0 Å². The third-order valence-electron chi connectivity index (χ3n) is 4.22. The first-order chi connectivity index (χ1) is 9.56. The number of nitrogens with one attached hydrogen (secondary N) is 1. The Hall–Kier alpha value is -1.26. The first-order valence-corrected chi connectivity index (χ1v) is 7.83. The largest absolute Gasteiger partial charge is 0.409 e. The molecule has 0 aromatic rings. The molecule has 0 aromatic carbocycles. The molecule has 5 nitrogen and oxygen atoms in total. The summed E-state index contributed by atoms with van der Waals surface area (Å²) >= 11 is 0. The molecular formula is C15H29N3O2. The Kier molecular flexibility index (Phi) is 7.41. The van der Waals surface area contributed by atoms with Crippen molar-refractivity contribution in [2.45, 2.75) is 71.3 Å². The maximum Gasteiger partial charge on any atom is 0.223 e. The lowest BCUT2D eigenvalue weighted by molar-refractivity contribution is -0.126. The number of amides is 1. The number of amidine groups is 1. The minimum absolute atomic E-state index is 0.0868. The Morgan fingerprint density at radius 2 is 2.05 bits per heavy atom. The highest BCUT2D eigenvalue weighted by Crippen LogP contribution is 2.32. The molecule has 20 heavy (non-hydrogen) atoms. The highest BCUT2D eigenvalue weighted by molar-refractivity contribution is 5.82. The molecule has 0 aromatic heterocycles. The molecule has 4 N–H and O–H groups in total. The Bertz CT molecular complexity index is 323. The summed E-state index contributed by atoms with van der Waals surface area (Å²) in [5, 5.41) is 14.4. The van der Waals surface area contributed by atoms with Gasteiger partial charge in [0.1, 0.15) is 5.84 Å². The zero-order valence-corrected chi connectivity index (χ0v) is 12.8. The number of carbonyl (C=O) groups excluding carboxylic acids is 1. The van der Waals surface area contributed by atoms with Crippen molar-refractivity contribution in [3.05, 3.63) is 0 Å². The van der Waals surface area contributed by atoms with Gasteiger partial charge in [0, 0.05) is 18.4 Å². The zero-order valence-electron chi connectivity index (χ0n) is 12.8. The number of hydrogen-bond acceptors (Lipinski definition) is 3. The predicted molar refractivity (Wildman–Crippen MR) is 80.6 cm³/mol. The first-order valence-electron chi connectivity index (χ1n) is 7.83. The second-order valence-corrected chi connectivity index (χ2v) is 6.06. The van der Waals surface area contributed by atoms with Gasteiger partial charge in [-0.25, -0.2) is 0 Å². The standard InChI is InChI=1S/C15H29N3O2/c1-3-4-5-12-6-8-13(9-7-12)15(19)17-11(2)10-14(16)18-20/h11-13,20H,3-10H2,1-2H3,(H2,16,18)(H,17,19). The van der Waals surface area contributed by atoms with E-state index in [4.69, 9.17) is 10.9 Å². The fourth-order valence-corrected chi connectivity index (χ4v) is 2.97. The lowest BCUT2D eigenvalue weighted by Gasteiger charge is -2.28. The molecule has 0 radical (unpaired) electrons. The quantitative estimate of drug-likeness (QED) is 0.290. The van der Waals surface area contributed by atoms with Gasteiger partial charge >= 0.3 is 0 Å². The third-order valence-corrected chi connectivity index (χ3v) is 4.22. The van der Waals surface area contributed by atoms with Crippen LogP contribution >= 0.6 is 0 Å². The van der Waals surface area contributed by atoms with Crippen molar-refractivity contribution in [1.29, 1.82) is 0 Å². The number of nitrogens with two attached hydrogens (primary N) is 1. The molecule has 1 aliphatic rings. The van der Waals surface area contributed by atoms with E-state index >= 15 is 0 Å². The number of nitrogens with zero attached hydrogens (tertiary/aromatic N) is 1. The highest BCUT2D eigenvalue weighted by Gasteiger charge is 2.26. The fraction of sp³-hybridized carbons (Fsp3) is 0.867. The third kappa shape index (κ3) is 5.80. The molecule has 1 rings (SSSR count). The molecule has 0 bridgehead atoms. The average molecular weight is 283 g/mol. The predicted octanol–water partition coefficient (Wildman–Crippen LogP) is 2.62. The maximum atomic E-state index is 12.1. The van der Waals surface area contributed by atoms with Crippen molar-refractivity contribution >= 4 is 11.7 Å². The van der Waals surface area contributed by atoms with E-state index < -0.39 is 0 Å². The van der Waals surface area contributed by atoms with Crippen molar-refractivity contribution in [3.8, 4) is 0 Å². The summed E-state index contributed by atoms with van der Waals surface area (Å²) in [7, 11) is 0. The Balaban J connectivity index is 2.28. The van der Waals surface area contributed by atoms with Gasteiger partial charge < -0.3 is 16.3 Å². The van der Waals surface area contributed by atoms with Crippen LogP contribution < -0.4 is 11.1 Å². The van der Waals surface area contributed by atoms with Crippen LogP contribution in [0.1, 0.15) is 65.2 Å². The number of rotatable bonds is 7. The molecule has 1 atom stereocenters. The van der Waals surface area contributed by atoms with E-state index in [1.165, 1.54) is 32.1 Å². The van der Waals surface area contributed by atoms with Gasteiger partial charge in [-0.15, -0.1) is 0 Å². The number of oxime groups is 1. The van der Waals surface area contributed by atoms with E-state index in [1.54, 1.807) is 0 Å². The van der Waals surface area contributed by atoms with E-state index in [0.717, 1.165) is 18.8 Å². The number of carbonyl (C=O) groups is 1. The molecule has 1 unspecified atom stereocenters. The normalized spacial score (nSPS) is 25.2. The smallest absolute Gasteiger partial charge is 0.223 e. The van der Waals surface area contributed by atoms with Gasteiger partial charge in [0.15, 0.2) is 0 Å². The van der Waals surface area contributed by atoms with Crippen molar-refractivity contribution in [1.82, 2.24) is 5.32 Å². The molecule has 1 aliphatic carbocycles. The molecule has 116 valence electrons. The van der Waals surface area contributed by atoms with E-state index in [1.807, 2.05) is 6.92 Å². The summed E-state index contributed by atoms with van der Waals surface area (Å²) in [4.78, 5) is 12.1. The van der Waals surface area contributed by atoms with E-state index in [2.05, 4.69) is 17.4 Å². The zero-order chi connectivity index (χ0) is 15.0. The summed E-state index contributed by atoms with van der Waals surface area (Å²) < 4.78 is 0. The van der Waals surface area contributed by atoms with E-state index in [-0.39, 0.29) is 23.7 Å². The van der Waals surface area contributed by atoms with Gasteiger partial charge in [-0.3, -0.25) is 4.79 Å². The second-order valence-electron chi connectivity index (χ2n) is 6.06. The average Bonchev–Trinajstić information content (AvgIpc) is 2.45. The summed E-state index contributed by atoms with van der Waals surface area (Å²) in [5.41, 5.74) is 5.44. The van der Waals surface area contributed by atoms with Crippen LogP contribution in [-0.4, -0.2) is 23.0 Å². The van der Waals surface area contributed by atoms with Gasteiger partial charge in [-0.05, 0) is 38.5 Å². The van der Waals surface area contributed by atoms with Gasteiger partial charge in [0.25, 0.3) is 0 Å². The van der Waals surface area contributed by atoms with Crippen LogP contribution in [0.25, 0.3) is 0 Å². The van der Waals surface area contributed by atoms with Crippen LogP contribution in [0.5, 0.6) is 0 Å². The molecule has 0 aliphatic heterocycles. The van der Waals surface area contributed by atoms with Gasteiger partial charge in [-0.2, -0.15) is 0 Å². The van der Waals surface area contributed by atoms with Gasteiger partial charge in [0.2, 0.25) is 5.91 Å². The molecule has 0 spiro atoms. The fourth-order valence-electron chi connectivity index (χ4n) is 2.97. The van der Waals surface area contributed by atoms with Crippen LogP contribution in [-0.2, 0) is 4.79 Å². The van der Waals surface area contributed by atoms with Crippen molar-refractivity contribution in [2.24, 2.45) is 22.7 Å². The van der Waals surface area contributed by atoms with Gasteiger partial charge in [-0.1, -0.05) is 31.3 Å². The lowest BCUT2D eigenvalue weighted by atomic mass is 9.79. The summed E-state index contributed by atoms with van der Waals surface area (Å²) in [6.07, 6.45) is 8.59. The summed E-state index contributed by atoms with van der Waals surface area (Å²) in [5.74, 6) is 1.23. The highest BCUT2D eigenvalue weighted by atomic mass is 16.4. The minimum atomic E-state index is -0.0868. The minimum Gasteiger partial charge on any atom is -0.409 e. The molecule has 1 amide bonds. The maximum absolute atomic E-state index is 12.1. The SMILES string of the molecule is CCCCC1CCC(C(=O)NC(C)CC(N)=NO)CC1. The van der Waals surface area contributed by atoms with E-state index in [0.29, 0.717) is 6.42 Å². The summed E-state index contributed by atoms with van der Waals surface area (Å²) in [6.45, 7) is 4.10. The van der Waals surface area contributed by atoms with E-state index in [9.17, 15) is 4.79 Å². The van der Waals surface area contributed by atoms with Crippen LogP contribution in [0, 0.1) is 11.8 Å². The number of unbranched alkanes of at least 4 members (excludes halogenated alkanes) is 1.